The number of esters is 1. The molecule has 0 radical (unpaired) electrons. The number of carbonyl (C=O) groups is 1. The molecule has 1 heterocycles. The number of thioether (sulfide) groups is 1. The standard InChI is InChI=1S/C11H11N3O2S2/c1-16-9(15)8-5-3-2-4-7(8)6-17-11-14-13-10(12)18-11/h2-5H,6H2,1H3,(H2,12,13). The van der Waals surface area contributed by atoms with Crippen LogP contribution >= 0.6 is 23.1 Å². The summed E-state index contributed by atoms with van der Waals surface area (Å²) in [6, 6.07) is 7.33. The quantitative estimate of drug-likeness (QED) is 0.683. The Morgan fingerprint density at radius 1 is 1.44 bits per heavy atom. The van der Waals surface area contributed by atoms with E-state index in [4.69, 9.17) is 10.5 Å². The molecule has 0 atom stereocenters. The molecule has 0 saturated carbocycles. The molecule has 0 unspecified atom stereocenters. The van der Waals surface area contributed by atoms with Gasteiger partial charge in [-0.25, -0.2) is 4.79 Å². The molecule has 2 rings (SSSR count). The molecule has 0 aliphatic rings. The van der Waals surface area contributed by atoms with E-state index in [9.17, 15) is 4.79 Å². The van der Waals surface area contributed by atoms with Gasteiger partial charge < -0.3 is 10.5 Å². The molecular formula is C11H11N3O2S2. The van der Waals surface area contributed by atoms with Crippen LogP contribution in [0, 0.1) is 0 Å². The minimum absolute atomic E-state index is 0.331. The lowest BCUT2D eigenvalue weighted by Crippen LogP contribution is -2.04. The van der Waals surface area contributed by atoms with E-state index in [-0.39, 0.29) is 5.97 Å². The monoisotopic (exact) mass is 281 g/mol. The predicted octanol–water partition coefficient (Wildman–Crippen LogP) is 2.20. The lowest BCUT2D eigenvalue weighted by Gasteiger charge is -2.05. The minimum Gasteiger partial charge on any atom is -0.465 e. The van der Waals surface area contributed by atoms with Gasteiger partial charge in [0, 0.05) is 5.75 Å². The third-order valence-electron chi connectivity index (χ3n) is 2.20. The molecule has 2 aromatic rings. The van der Waals surface area contributed by atoms with Crippen molar-refractivity contribution in [3.8, 4) is 0 Å². The summed E-state index contributed by atoms with van der Waals surface area (Å²) in [5.41, 5.74) is 6.98. The van der Waals surface area contributed by atoms with Gasteiger partial charge in [0.2, 0.25) is 5.13 Å². The number of anilines is 1. The minimum atomic E-state index is -0.331. The van der Waals surface area contributed by atoms with Crippen LogP contribution in [0.5, 0.6) is 0 Å². The van der Waals surface area contributed by atoms with Crippen LogP contribution in [0.3, 0.4) is 0 Å². The van der Waals surface area contributed by atoms with E-state index in [0.29, 0.717) is 16.4 Å². The molecule has 1 aromatic carbocycles. The number of rotatable bonds is 4. The summed E-state index contributed by atoms with van der Waals surface area (Å²) in [5.74, 6) is 0.294. The summed E-state index contributed by atoms with van der Waals surface area (Å²) in [7, 11) is 1.37. The van der Waals surface area contributed by atoms with Crippen molar-refractivity contribution >= 4 is 34.2 Å². The Morgan fingerprint density at radius 2 is 2.22 bits per heavy atom. The predicted molar refractivity (Wildman–Crippen MR) is 71.7 cm³/mol. The Kier molecular flexibility index (Phi) is 4.16. The zero-order valence-electron chi connectivity index (χ0n) is 9.62. The van der Waals surface area contributed by atoms with Gasteiger partial charge in [-0.15, -0.1) is 10.2 Å². The molecule has 5 nitrogen and oxygen atoms in total. The summed E-state index contributed by atoms with van der Waals surface area (Å²) >= 11 is 2.82. The Bertz CT molecular complexity index is 557. The smallest absolute Gasteiger partial charge is 0.338 e. The number of ether oxygens (including phenoxy) is 1. The zero-order chi connectivity index (χ0) is 13.0. The van der Waals surface area contributed by atoms with Gasteiger partial charge in [-0.2, -0.15) is 0 Å². The third-order valence-corrected chi connectivity index (χ3v) is 4.13. The van der Waals surface area contributed by atoms with Gasteiger partial charge in [-0.3, -0.25) is 0 Å². The number of nitrogens with two attached hydrogens (primary N) is 1. The first kappa shape index (κ1) is 12.8. The highest BCUT2D eigenvalue weighted by molar-refractivity contribution is 8.00. The van der Waals surface area contributed by atoms with Gasteiger partial charge in [0.15, 0.2) is 4.34 Å². The maximum absolute atomic E-state index is 11.6. The lowest BCUT2D eigenvalue weighted by molar-refractivity contribution is 0.0600. The number of nitrogens with zero attached hydrogens (tertiary/aromatic N) is 2. The highest BCUT2D eigenvalue weighted by Crippen LogP contribution is 2.28. The van der Waals surface area contributed by atoms with E-state index in [1.165, 1.54) is 30.2 Å². The van der Waals surface area contributed by atoms with Crippen molar-refractivity contribution in [2.45, 2.75) is 10.1 Å². The molecule has 7 heteroatoms. The second-order valence-corrected chi connectivity index (χ2v) is 5.58. The van der Waals surface area contributed by atoms with Crippen molar-refractivity contribution in [1.29, 1.82) is 0 Å². The molecule has 0 aliphatic carbocycles. The van der Waals surface area contributed by atoms with Crippen molar-refractivity contribution in [1.82, 2.24) is 10.2 Å². The number of aromatic nitrogens is 2. The molecule has 94 valence electrons. The van der Waals surface area contributed by atoms with Crippen molar-refractivity contribution in [3.63, 3.8) is 0 Å². The van der Waals surface area contributed by atoms with Crippen molar-refractivity contribution in [2.24, 2.45) is 0 Å². The van der Waals surface area contributed by atoms with Gasteiger partial charge in [0.25, 0.3) is 0 Å². The molecule has 0 amide bonds. The van der Waals surface area contributed by atoms with Crippen LogP contribution in [-0.2, 0) is 10.5 Å². The summed E-state index contributed by atoms with van der Waals surface area (Å²) in [6.45, 7) is 0. The molecule has 18 heavy (non-hydrogen) atoms. The number of nitrogen functional groups attached to an aromatic ring is 1. The van der Waals surface area contributed by atoms with Gasteiger partial charge in [-0.05, 0) is 11.6 Å². The van der Waals surface area contributed by atoms with Crippen molar-refractivity contribution < 1.29 is 9.53 Å². The SMILES string of the molecule is COC(=O)c1ccccc1CSc1nnc(N)s1. The van der Waals surface area contributed by atoms with E-state index < -0.39 is 0 Å². The molecule has 0 bridgehead atoms. The lowest BCUT2D eigenvalue weighted by atomic mass is 10.1. The highest BCUT2D eigenvalue weighted by Gasteiger charge is 2.11. The Morgan fingerprint density at radius 3 is 2.89 bits per heavy atom. The molecule has 0 saturated heterocycles. The molecule has 0 spiro atoms. The summed E-state index contributed by atoms with van der Waals surface area (Å²) < 4.78 is 5.52. The van der Waals surface area contributed by atoms with E-state index in [1.807, 2.05) is 18.2 Å². The van der Waals surface area contributed by atoms with Crippen LogP contribution < -0.4 is 5.73 Å². The van der Waals surface area contributed by atoms with Crippen LogP contribution in [0.1, 0.15) is 15.9 Å². The second-order valence-electron chi connectivity index (χ2n) is 3.34. The van der Waals surface area contributed by atoms with Crippen LogP contribution in [-0.4, -0.2) is 23.3 Å². The number of benzene rings is 1. The number of hydrogen-bond acceptors (Lipinski definition) is 7. The summed E-state index contributed by atoms with van der Waals surface area (Å²) in [5, 5.41) is 8.10. The first-order valence-electron chi connectivity index (χ1n) is 5.08. The molecular weight excluding hydrogens is 270 g/mol. The van der Waals surface area contributed by atoms with Crippen molar-refractivity contribution in [3.05, 3.63) is 35.4 Å². The zero-order valence-corrected chi connectivity index (χ0v) is 11.3. The topological polar surface area (TPSA) is 78.1 Å². The normalized spacial score (nSPS) is 10.3. The number of carbonyl (C=O) groups excluding carboxylic acids is 1. The van der Waals surface area contributed by atoms with E-state index in [2.05, 4.69) is 10.2 Å². The fourth-order valence-electron chi connectivity index (χ4n) is 1.37. The van der Waals surface area contributed by atoms with Crippen LogP contribution in [0.25, 0.3) is 0 Å². The summed E-state index contributed by atoms with van der Waals surface area (Å²) in [4.78, 5) is 11.6. The fraction of sp³-hybridized carbons (Fsp3) is 0.182. The Balaban J connectivity index is 2.11. The van der Waals surface area contributed by atoms with Gasteiger partial charge in [0.05, 0.1) is 12.7 Å². The second kappa shape index (κ2) is 5.83. The fourth-order valence-corrected chi connectivity index (χ4v) is 3.01. The maximum atomic E-state index is 11.6. The largest absolute Gasteiger partial charge is 0.465 e. The number of methoxy groups -OCH3 is 1. The third kappa shape index (κ3) is 2.99. The Labute approximate surface area is 112 Å². The Hall–Kier alpha value is -1.60. The first-order chi connectivity index (χ1) is 8.70. The molecule has 1 aromatic heterocycles. The van der Waals surface area contributed by atoms with Crippen LogP contribution in [0.2, 0.25) is 0 Å². The first-order valence-corrected chi connectivity index (χ1v) is 6.89. The number of hydrogen-bond donors (Lipinski definition) is 1. The maximum Gasteiger partial charge on any atom is 0.338 e. The average molecular weight is 281 g/mol. The van der Waals surface area contributed by atoms with E-state index in [1.54, 1.807) is 6.07 Å². The van der Waals surface area contributed by atoms with Crippen LogP contribution in [0.4, 0.5) is 5.13 Å². The van der Waals surface area contributed by atoms with E-state index >= 15 is 0 Å². The highest BCUT2D eigenvalue weighted by atomic mass is 32.2. The van der Waals surface area contributed by atoms with E-state index in [0.717, 1.165) is 9.90 Å². The van der Waals surface area contributed by atoms with Crippen molar-refractivity contribution in [2.75, 3.05) is 12.8 Å². The molecule has 2 N–H and O–H groups in total. The van der Waals surface area contributed by atoms with Gasteiger partial charge in [0.1, 0.15) is 0 Å². The van der Waals surface area contributed by atoms with Gasteiger partial charge in [-0.1, -0.05) is 41.3 Å². The van der Waals surface area contributed by atoms with Crippen LogP contribution in [0.15, 0.2) is 28.6 Å². The summed E-state index contributed by atoms with van der Waals surface area (Å²) in [6.07, 6.45) is 0. The average Bonchev–Trinajstić information content (AvgIpc) is 2.81. The molecule has 0 aliphatic heterocycles. The molecule has 0 fully saturated rings. The van der Waals surface area contributed by atoms with Gasteiger partial charge >= 0.3 is 5.97 Å².